The van der Waals surface area contributed by atoms with Crippen LogP contribution < -0.4 is 0 Å². The molecular formula is C20H32N4O. The molecule has 2 saturated heterocycles. The SMILES string of the molecule is CN(C)Cc1ccc(C2CCCCN2C(=O)N2CCN(C)CC2)cc1. The molecule has 1 atom stereocenters. The van der Waals surface area contributed by atoms with Gasteiger partial charge in [0.15, 0.2) is 0 Å². The van der Waals surface area contributed by atoms with Crippen molar-refractivity contribution >= 4 is 6.03 Å². The minimum absolute atomic E-state index is 0.231. The minimum Gasteiger partial charge on any atom is -0.322 e. The normalized spacial score (nSPS) is 22.5. The Bertz CT molecular complexity index is 564. The first kappa shape index (κ1) is 18.2. The van der Waals surface area contributed by atoms with Crippen molar-refractivity contribution in [2.45, 2.75) is 31.8 Å². The zero-order valence-electron chi connectivity index (χ0n) is 15.9. The molecule has 5 heteroatoms. The molecular weight excluding hydrogens is 312 g/mol. The molecule has 25 heavy (non-hydrogen) atoms. The van der Waals surface area contributed by atoms with Crippen molar-refractivity contribution < 1.29 is 4.79 Å². The van der Waals surface area contributed by atoms with Crippen molar-refractivity contribution in [3.05, 3.63) is 35.4 Å². The van der Waals surface area contributed by atoms with Gasteiger partial charge in [0, 0.05) is 39.3 Å². The maximum atomic E-state index is 13.1. The summed E-state index contributed by atoms with van der Waals surface area (Å²) in [5.74, 6) is 0. The van der Waals surface area contributed by atoms with Crippen molar-refractivity contribution in [1.82, 2.24) is 19.6 Å². The van der Waals surface area contributed by atoms with Crippen LogP contribution in [0.1, 0.15) is 36.4 Å². The Hall–Kier alpha value is -1.59. The zero-order chi connectivity index (χ0) is 17.8. The van der Waals surface area contributed by atoms with Crippen LogP contribution in [0.3, 0.4) is 0 Å². The highest BCUT2D eigenvalue weighted by molar-refractivity contribution is 5.75. The number of urea groups is 1. The van der Waals surface area contributed by atoms with E-state index in [9.17, 15) is 4.79 Å². The van der Waals surface area contributed by atoms with E-state index in [1.807, 2.05) is 4.90 Å². The van der Waals surface area contributed by atoms with Gasteiger partial charge in [-0.25, -0.2) is 4.79 Å². The van der Waals surface area contributed by atoms with Gasteiger partial charge in [-0.1, -0.05) is 24.3 Å². The van der Waals surface area contributed by atoms with Crippen LogP contribution in [0.15, 0.2) is 24.3 Å². The van der Waals surface area contributed by atoms with E-state index in [0.717, 1.165) is 52.1 Å². The molecule has 2 aliphatic rings. The van der Waals surface area contributed by atoms with Crippen molar-refractivity contribution in [1.29, 1.82) is 0 Å². The third kappa shape index (κ3) is 4.53. The number of carbonyl (C=O) groups excluding carboxylic acids is 1. The van der Waals surface area contributed by atoms with Gasteiger partial charge in [-0.15, -0.1) is 0 Å². The predicted octanol–water partition coefficient (Wildman–Crippen LogP) is 2.64. The fourth-order valence-corrected chi connectivity index (χ4v) is 3.90. The molecule has 1 aromatic rings. The van der Waals surface area contributed by atoms with Gasteiger partial charge in [0.25, 0.3) is 0 Å². The summed E-state index contributed by atoms with van der Waals surface area (Å²) in [6.07, 6.45) is 3.40. The van der Waals surface area contributed by atoms with Crippen LogP contribution in [-0.2, 0) is 6.54 Å². The Morgan fingerprint density at radius 3 is 2.36 bits per heavy atom. The summed E-state index contributed by atoms with van der Waals surface area (Å²) in [6, 6.07) is 9.33. The molecule has 138 valence electrons. The molecule has 0 aliphatic carbocycles. The van der Waals surface area contributed by atoms with Crippen molar-refractivity contribution in [3.63, 3.8) is 0 Å². The Labute approximate surface area is 152 Å². The van der Waals surface area contributed by atoms with Gasteiger partial charge in [0.2, 0.25) is 0 Å². The number of carbonyl (C=O) groups is 1. The molecule has 1 aromatic carbocycles. The number of likely N-dealkylation sites (tertiary alicyclic amines) is 1. The maximum Gasteiger partial charge on any atom is 0.320 e. The van der Waals surface area contributed by atoms with Gasteiger partial charge in [-0.2, -0.15) is 0 Å². The Balaban J connectivity index is 1.71. The summed E-state index contributed by atoms with van der Waals surface area (Å²) in [7, 11) is 6.30. The number of likely N-dealkylation sites (N-methyl/N-ethyl adjacent to an activating group) is 1. The Kier molecular flexibility index (Phi) is 5.97. The van der Waals surface area contributed by atoms with Crippen LogP contribution in [0.4, 0.5) is 4.79 Å². The molecule has 0 N–H and O–H groups in total. The average molecular weight is 345 g/mol. The van der Waals surface area contributed by atoms with Gasteiger partial charge >= 0.3 is 6.03 Å². The van der Waals surface area contributed by atoms with Crippen LogP contribution in [0.25, 0.3) is 0 Å². The van der Waals surface area contributed by atoms with Crippen molar-refractivity contribution in [2.75, 3.05) is 53.9 Å². The lowest BCUT2D eigenvalue weighted by molar-refractivity contribution is 0.0950. The molecule has 2 amide bonds. The van der Waals surface area contributed by atoms with Gasteiger partial charge in [-0.3, -0.25) is 0 Å². The van der Waals surface area contributed by atoms with E-state index < -0.39 is 0 Å². The van der Waals surface area contributed by atoms with Crippen molar-refractivity contribution in [2.24, 2.45) is 0 Å². The molecule has 3 rings (SSSR count). The Morgan fingerprint density at radius 1 is 1.04 bits per heavy atom. The van der Waals surface area contributed by atoms with E-state index in [2.05, 4.69) is 60.1 Å². The maximum absolute atomic E-state index is 13.1. The number of nitrogens with zero attached hydrogens (tertiary/aromatic N) is 4. The molecule has 0 bridgehead atoms. The van der Waals surface area contributed by atoms with E-state index in [1.165, 1.54) is 17.5 Å². The largest absolute Gasteiger partial charge is 0.322 e. The zero-order valence-corrected chi connectivity index (χ0v) is 15.9. The van der Waals surface area contributed by atoms with Gasteiger partial charge < -0.3 is 19.6 Å². The first-order chi connectivity index (χ1) is 12.0. The lowest BCUT2D eigenvalue weighted by Crippen LogP contribution is -2.53. The number of hydrogen-bond acceptors (Lipinski definition) is 3. The molecule has 1 unspecified atom stereocenters. The summed E-state index contributed by atoms with van der Waals surface area (Å²) in [5, 5.41) is 0. The second-order valence-corrected chi connectivity index (χ2v) is 7.76. The van der Waals surface area contributed by atoms with Gasteiger partial charge in [-0.05, 0) is 51.5 Å². The molecule has 2 fully saturated rings. The summed E-state index contributed by atoms with van der Waals surface area (Å²) in [6.45, 7) is 5.48. The van der Waals surface area contributed by atoms with Crippen LogP contribution >= 0.6 is 0 Å². The predicted molar refractivity (Wildman–Crippen MR) is 102 cm³/mol. The van der Waals surface area contributed by atoms with E-state index in [1.54, 1.807) is 0 Å². The molecule has 0 spiro atoms. The third-order valence-corrected chi connectivity index (χ3v) is 5.39. The first-order valence-electron chi connectivity index (χ1n) is 9.52. The molecule has 0 aromatic heterocycles. The van der Waals surface area contributed by atoms with E-state index >= 15 is 0 Å². The topological polar surface area (TPSA) is 30.0 Å². The molecule has 0 radical (unpaired) electrons. The van der Waals surface area contributed by atoms with Crippen LogP contribution in [-0.4, -0.2) is 79.5 Å². The van der Waals surface area contributed by atoms with Crippen LogP contribution in [0, 0.1) is 0 Å². The highest BCUT2D eigenvalue weighted by Gasteiger charge is 2.31. The van der Waals surface area contributed by atoms with Crippen LogP contribution in [0.5, 0.6) is 0 Å². The highest BCUT2D eigenvalue weighted by Crippen LogP contribution is 2.32. The monoisotopic (exact) mass is 344 g/mol. The first-order valence-corrected chi connectivity index (χ1v) is 9.52. The minimum atomic E-state index is 0.231. The van der Waals surface area contributed by atoms with E-state index in [0.29, 0.717) is 0 Å². The number of piperazine rings is 1. The summed E-state index contributed by atoms with van der Waals surface area (Å²) < 4.78 is 0. The third-order valence-electron chi connectivity index (χ3n) is 5.39. The molecule has 2 heterocycles. The molecule has 5 nitrogen and oxygen atoms in total. The summed E-state index contributed by atoms with van der Waals surface area (Å²) in [5.41, 5.74) is 2.60. The second kappa shape index (κ2) is 8.19. The lowest BCUT2D eigenvalue weighted by atomic mass is 9.94. The Morgan fingerprint density at radius 2 is 1.72 bits per heavy atom. The second-order valence-electron chi connectivity index (χ2n) is 7.76. The summed E-state index contributed by atoms with van der Waals surface area (Å²) >= 11 is 0. The van der Waals surface area contributed by atoms with Crippen LogP contribution in [0.2, 0.25) is 0 Å². The van der Waals surface area contributed by atoms with E-state index in [-0.39, 0.29) is 12.1 Å². The highest BCUT2D eigenvalue weighted by atomic mass is 16.2. The number of hydrogen-bond donors (Lipinski definition) is 0. The number of rotatable bonds is 3. The standard InChI is InChI=1S/C20H32N4O/c1-21(2)16-17-7-9-18(10-8-17)19-6-4-5-11-24(19)20(25)23-14-12-22(3)13-15-23/h7-10,19H,4-6,11-16H2,1-3H3. The van der Waals surface area contributed by atoms with Gasteiger partial charge in [0.1, 0.15) is 0 Å². The quantitative estimate of drug-likeness (QED) is 0.844. The number of piperidine rings is 1. The fourth-order valence-electron chi connectivity index (χ4n) is 3.90. The smallest absolute Gasteiger partial charge is 0.320 e. The van der Waals surface area contributed by atoms with Gasteiger partial charge in [0.05, 0.1) is 6.04 Å². The van der Waals surface area contributed by atoms with Crippen molar-refractivity contribution in [3.8, 4) is 0 Å². The molecule has 0 saturated carbocycles. The lowest BCUT2D eigenvalue weighted by Gasteiger charge is -2.41. The number of amides is 2. The van der Waals surface area contributed by atoms with E-state index in [4.69, 9.17) is 0 Å². The average Bonchev–Trinajstić information content (AvgIpc) is 2.62. The molecule has 2 aliphatic heterocycles. The summed E-state index contributed by atoms with van der Waals surface area (Å²) in [4.78, 5) is 21.7. The number of benzene rings is 1. The fraction of sp³-hybridized carbons (Fsp3) is 0.650.